The molecule has 126 valence electrons. The maximum atomic E-state index is 12.0. The Labute approximate surface area is 135 Å². The van der Waals surface area contributed by atoms with Crippen LogP contribution in [0.3, 0.4) is 0 Å². The highest BCUT2D eigenvalue weighted by Crippen LogP contribution is 2.19. The molecule has 1 aromatic carbocycles. The largest absolute Gasteiger partial charge is 0.451 e. The summed E-state index contributed by atoms with van der Waals surface area (Å²) in [6.07, 6.45) is -0.878. The maximum Gasteiger partial charge on any atom is 0.332 e. The molecule has 1 amide bonds. The summed E-state index contributed by atoms with van der Waals surface area (Å²) in [4.78, 5) is 25.5. The fourth-order valence-electron chi connectivity index (χ4n) is 2.22. The van der Waals surface area contributed by atoms with E-state index in [1.54, 1.807) is 0 Å². The summed E-state index contributed by atoms with van der Waals surface area (Å²) in [6, 6.07) is 7.55. The first-order valence-electron chi connectivity index (χ1n) is 7.52. The predicted molar refractivity (Wildman–Crippen MR) is 85.5 cm³/mol. The van der Waals surface area contributed by atoms with Gasteiger partial charge in [-0.2, -0.15) is 0 Å². The Hall–Kier alpha value is -2.12. The first-order chi connectivity index (χ1) is 11.1. The van der Waals surface area contributed by atoms with Gasteiger partial charge in [0.15, 0.2) is 6.10 Å². The quantitative estimate of drug-likeness (QED) is 0.789. The van der Waals surface area contributed by atoms with Crippen LogP contribution in [0.25, 0.3) is 0 Å². The van der Waals surface area contributed by atoms with Crippen LogP contribution in [0.4, 0.5) is 11.4 Å². The first kappa shape index (κ1) is 17.2. The van der Waals surface area contributed by atoms with Crippen molar-refractivity contribution in [2.45, 2.75) is 13.0 Å². The number of hydrogen-bond donors (Lipinski definition) is 1. The molecule has 1 atom stereocenters. The minimum Gasteiger partial charge on any atom is -0.451 e. The first-order valence-corrected chi connectivity index (χ1v) is 7.52. The highest BCUT2D eigenvalue weighted by Gasteiger charge is 2.18. The second kappa shape index (κ2) is 8.50. The molecule has 0 aliphatic carbocycles. The van der Waals surface area contributed by atoms with Crippen molar-refractivity contribution in [3.05, 3.63) is 24.3 Å². The average molecular weight is 322 g/mol. The normalized spacial score (nSPS) is 15.8. The Morgan fingerprint density at radius 3 is 2.52 bits per heavy atom. The highest BCUT2D eigenvalue weighted by atomic mass is 16.6. The fourth-order valence-corrected chi connectivity index (χ4v) is 2.22. The van der Waals surface area contributed by atoms with Crippen LogP contribution in [0, 0.1) is 0 Å². The molecule has 0 saturated carbocycles. The summed E-state index contributed by atoms with van der Waals surface area (Å²) in [5.41, 5.74) is 1.74. The molecular formula is C16H22N2O5. The van der Waals surface area contributed by atoms with Crippen LogP contribution in [0.5, 0.6) is 0 Å². The Bertz CT molecular complexity index is 526. The van der Waals surface area contributed by atoms with Crippen LogP contribution in [0.15, 0.2) is 24.3 Å². The summed E-state index contributed by atoms with van der Waals surface area (Å²) in [5, 5.41) is 2.72. The molecular weight excluding hydrogens is 300 g/mol. The summed E-state index contributed by atoms with van der Waals surface area (Å²) in [7, 11) is 1.39. The molecule has 0 spiro atoms. The number of esters is 1. The van der Waals surface area contributed by atoms with E-state index in [4.69, 9.17) is 9.47 Å². The molecule has 7 nitrogen and oxygen atoms in total. The second-order valence-electron chi connectivity index (χ2n) is 5.20. The number of rotatable bonds is 6. The molecule has 0 radical (unpaired) electrons. The monoisotopic (exact) mass is 322 g/mol. The van der Waals surface area contributed by atoms with Gasteiger partial charge in [0.2, 0.25) is 0 Å². The van der Waals surface area contributed by atoms with Gasteiger partial charge in [0.25, 0.3) is 5.91 Å². The van der Waals surface area contributed by atoms with Crippen molar-refractivity contribution in [3.8, 4) is 0 Å². The highest BCUT2D eigenvalue weighted by molar-refractivity contribution is 5.95. The molecule has 1 fully saturated rings. The van der Waals surface area contributed by atoms with E-state index < -0.39 is 12.1 Å². The van der Waals surface area contributed by atoms with E-state index in [0.29, 0.717) is 5.69 Å². The zero-order valence-electron chi connectivity index (χ0n) is 13.4. The van der Waals surface area contributed by atoms with Gasteiger partial charge in [-0.3, -0.25) is 4.79 Å². The molecule has 0 unspecified atom stereocenters. The molecule has 23 heavy (non-hydrogen) atoms. The van der Waals surface area contributed by atoms with Gasteiger partial charge in [0, 0.05) is 31.6 Å². The lowest BCUT2D eigenvalue weighted by Crippen LogP contribution is -2.36. The van der Waals surface area contributed by atoms with E-state index in [0.717, 1.165) is 32.0 Å². The molecule has 1 N–H and O–H groups in total. The fraction of sp³-hybridized carbons (Fsp3) is 0.500. The van der Waals surface area contributed by atoms with E-state index in [-0.39, 0.29) is 12.5 Å². The van der Waals surface area contributed by atoms with Gasteiger partial charge in [0.05, 0.1) is 13.2 Å². The SMILES string of the molecule is COCC(=O)O[C@H](C)C(=O)Nc1ccc(N2CCOCC2)cc1. The van der Waals surface area contributed by atoms with E-state index in [2.05, 4.69) is 15.0 Å². The standard InChI is InChI=1S/C16H22N2O5/c1-12(23-15(19)11-21-2)16(20)17-13-3-5-14(6-4-13)18-7-9-22-10-8-18/h3-6,12H,7-11H2,1-2H3,(H,17,20)/t12-/m1/s1. The number of nitrogens with one attached hydrogen (secondary N) is 1. The predicted octanol–water partition coefficient (Wildman–Crippen LogP) is 1.04. The van der Waals surface area contributed by atoms with Crippen molar-refractivity contribution in [2.24, 2.45) is 0 Å². The van der Waals surface area contributed by atoms with E-state index in [1.807, 2.05) is 24.3 Å². The third-order valence-electron chi connectivity index (χ3n) is 3.45. The van der Waals surface area contributed by atoms with Crippen molar-refractivity contribution in [1.29, 1.82) is 0 Å². The Kier molecular flexibility index (Phi) is 6.37. The molecule has 1 heterocycles. The summed E-state index contributed by atoms with van der Waals surface area (Å²) in [6.45, 7) is 4.51. The van der Waals surface area contributed by atoms with Crippen molar-refractivity contribution in [1.82, 2.24) is 0 Å². The van der Waals surface area contributed by atoms with Crippen LogP contribution in [-0.2, 0) is 23.8 Å². The smallest absolute Gasteiger partial charge is 0.332 e. The van der Waals surface area contributed by atoms with Crippen molar-refractivity contribution in [3.63, 3.8) is 0 Å². The third-order valence-corrected chi connectivity index (χ3v) is 3.45. The minimum absolute atomic E-state index is 0.175. The molecule has 1 aromatic rings. The number of carbonyl (C=O) groups is 2. The summed E-state index contributed by atoms with van der Waals surface area (Å²) < 4.78 is 14.9. The summed E-state index contributed by atoms with van der Waals surface area (Å²) >= 11 is 0. The number of ether oxygens (including phenoxy) is 3. The number of amides is 1. The Balaban J connectivity index is 1.87. The molecule has 1 aliphatic rings. The average Bonchev–Trinajstić information content (AvgIpc) is 2.56. The lowest BCUT2D eigenvalue weighted by Gasteiger charge is -2.28. The lowest BCUT2D eigenvalue weighted by molar-refractivity contribution is -0.156. The van der Waals surface area contributed by atoms with Gasteiger partial charge in [-0.1, -0.05) is 0 Å². The number of benzene rings is 1. The van der Waals surface area contributed by atoms with Crippen molar-refractivity contribution < 1.29 is 23.8 Å². The zero-order valence-corrected chi connectivity index (χ0v) is 13.4. The Morgan fingerprint density at radius 1 is 1.26 bits per heavy atom. The number of methoxy groups -OCH3 is 1. The lowest BCUT2D eigenvalue weighted by atomic mass is 10.2. The molecule has 7 heteroatoms. The van der Waals surface area contributed by atoms with Gasteiger partial charge in [-0.15, -0.1) is 0 Å². The number of carbonyl (C=O) groups excluding carboxylic acids is 2. The number of nitrogens with zero attached hydrogens (tertiary/aromatic N) is 1. The molecule has 0 aromatic heterocycles. The topological polar surface area (TPSA) is 77.1 Å². The number of hydrogen-bond acceptors (Lipinski definition) is 6. The molecule has 0 bridgehead atoms. The van der Waals surface area contributed by atoms with Crippen LogP contribution in [0.2, 0.25) is 0 Å². The Morgan fingerprint density at radius 2 is 1.91 bits per heavy atom. The molecule has 1 saturated heterocycles. The third kappa shape index (κ3) is 5.22. The van der Waals surface area contributed by atoms with Crippen LogP contribution >= 0.6 is 0 Å². The van der Waals surface area contributed by atoms with Crippen LogP contribution < -0.4 is 10.2 Å². The van der Waals surface area contributed by atoms with Crippen molar-refractivity contribution >= 4 is 23.3 Å². The van der Waals surface area contributed by atoms with Gasteiger partial charge in [-0.25, -0.2) is 4.79 Å². The van der Waals surface area contributed by atoms with Gasteiger partial charge < -0.3 is 24.4 Å². The van der Waals surface area contributed by atoms with Crippen molar-refractivity contribution in [2.75, 3.05) is 50.2 Å². The van der Waals surface area contributed by atoms with Gasteiger partial charge in [0.1, 0.15) is 6.61 Å². The van der Waals surface area contributed by atoms with Gasteiger partial charge in [-0.05, 0) is 31.2 Å². The van der Waals surface area contributed by atoms with Crippen LogP contribution in [-0.4, -0.2) is 58.0 Å². The van der Waals surface area contributed by atoms with E-state index in [9.17, 15) is 9.59 Å². The van der Waals surface area contributed by atoms with E-state index in [1.165, 1.54) is 14.0 Å². The van der Waals surface area contributed by atoms with E-state index >= 15 is 0 Å². The zero-order chi connectivity index (χ0) is 16.7. The number of morpholine rings is 1. The maximum absolute atomic E-state index is 12.0. The molecule has 1 aliphatic heterocycles. The van der Waals surface area contributed by atoms with Crippen LogP contribution in [0.1, 0.15) is 6.92 Å². The molecule has 2 rings (SSSR count). The number of anilines is 2. The second-order valence-corrected chi connectivity index (χ2v) is 5.20. The summed E-state index contributed by atoms with van der Waals surface area (Å²) in [5.74, 6) is -0.952. The minimum atomic E-state index is -0.878. The van der Waals surface area contributed by atoms with Gasteiger partial charge >= 0.3 is 5.97 Å².